The van der Waals surface area contributed by atoms with E-state index >= 15 is 0 Å². The van der Waals surface area contributed by atoms with Gasteiger partial charge in [0.05, 0.1) is 12.6 Å². The molecule has 27 heavy (non-hydrogen) atoms. The summed E-state index contributed by atoms with van der Waals surface area (Å²) in [6.07, 6.45) is 3.13. The van der Waals surface area contributed by atoms with E-state index in [0.717, 1.165) is 25.9 Å². The monoisotopic (exact) mass is 378 g/mol. The zero-order valence-corrected chi connectivity index (χ0v) is 16.4. The smallest absolute Gasteiger partial charge is 0.320 e. The molecule has 3 saturated heterocycles. The summed E-state index contributed by atoms with van der Waals surface area (Å²) in [4.78, 5) is 55.1. The molecule has 4 amide bonds. The van der Waals surface area contributed by atoms with E-state index in [1.54, 1.807) is 14.7 Å². The molecule has 3 atom stereocenters. The minimum Gasteiger partial charge on any atom is -0.345 e. The SMILES string of the molecule is CC(=O)NC(CC(C)C)C(=O)N1CC(=O)C2[C@@H]1CCN2C(=O)N1CCCC1. The third-order valence-corrected chi connectivity index (χ3v) is 5.71. The molecule has 8 heteroatoms. The summed E-state index contributed by atoms with van der Waals surface area (Å²) < 4.78 is 0. The van der Waals surface area contributed by atoms with Crippen molar-refractivity contribution in [3.05, 3.63) is 0 Å². The predicted octanol–water partition coefficient (Wildman–Crippen LogP) is 0.607. The van der Waals surface area contributed by atoms with Gasteiger partial charge in [0.15, 0.2) is 5.78 Å². The number of nitrogens with zero attached hydrogens (tertiary/aromatic N) is 3. The van der Waals surface area contributed by atoms with Crippen LogP contribution in [0.5, 0.6) is 0 Å². The van der Waals surface area contributed by atoms with Gasteiger partial charge >= 0.3 is 6.03 Å². The van der Waals surface area contributed by atoms with Gasteiger partial charge in [-0.3, -0.25) is 14.4 Å². The molecular formula is C19H30N4O4. The average molecular weight is 378 g/mol. The van der Waals surface area contributed by atoms with Crippen LogP contribution in [0.2, 0.25) is 0 Å². The lowest BCUT2D eigenvalue weighted by molar-refractivity contribution is -0.137. The zero-order valence-electron chi connectivity index (χ0n) is 16.4. The van der Waals surface area contributed by atoms with Crippen LogP contribution in [-0.4, -0.2) is 82.6 Å². The number of urea groups is 1. The van der Waals surface area contributed by atoms with E-state index < -0.39 is 12.1 Å². The second-order valence-corrected chi connectivity index (χ2v) is 8.29. The molecule has 0 aromatic heterocycles. The molecule has 0 aromatic rings. The van der Waals surface area contributed by atoms with E-state index in [0.29, 0.717) is 19.4 Å². The number of amides is 4. The summed E-state index contributed by atoms with van der Waals surface area (Å²) in [5.41, 5.74) is 0. The Hall–Kier alpha value is -2.12. The summed E-state index contributed by atoms with van der Waals surface area (Å²) in [6, 6.07) is -1.53. The number of fused-ring (bicyclic) bond motifs is 1. The number of hydrogen-bond acceptors (Lipinski definition) is 4. The number of likely N-dealkylation sites (tertiary alicyclic amines) is 3. The van der Waals surface area contributed by atoms with E-state index in [1.165, 1.54) is 6.92 Å². The molecule has 1 N–H and O–H groups in total. The number of hydrogen-bond donors (Lipinski definition) is 1. The Bertz CT molecular complexity index is 629. The Labute approximate surface area is 160 Å². The van der Waals surface area contributed by atoms with Crippen molar-refractivity contribution >= 4 is 23.6 Å². The molecule has 0 radical (unpaired) electrons. The van der Waals surface area contributed by atoms with Crippen LogP contribution in [-0.2, 0) is 14.4 Å². The molecule has 0 aliphatic carbocycles. The molecule has 8 nitrogen and oxygen atoms in total. The Morgan fingerprint density at radius 1 is 1.11 bits per heavy atom. The van der Waals surface area contributed by atoms with Crippen LogP contribution in [0.25, 0.3) is 0 Å². The topological polar surface area (TPSA) is 90.0 Å². The maximum Gasteiger partial charge on any atom is 0.320 e. The van der Waals surface area contributed by atoms with Gasteiger partial charge in [0, 0.05) is 26.6 Å². The fourth-order valence-corrected chi connectivity index (χ4v) is 4.55. The lowest BCUT2D eigenvalue weighted by Crippen LogP contribution is -2.51. The maximum atomic E-state index is 13.1. The van der Waals surface area contributed by atoms with E-state index in [1.807, 2.05) is 13.8 Å². The van der Waals surface area contributed by atoms with Gasteiger partial charge in [-0.05, 0) is 31.6 Å². The molecule has 3 heterocycles. The fourth-order valence-electron chi connectivity index (χ4n) is 4.55. The first-order valence-corrected chi connectivity index (χ1v) is 9.95. The highest BCUT2D eigenvalue weighted by molar-refractivity contribution is 5.99. The number of nitrogens with one attached hydrogen (secondary N) is 1. The van der Waals surface area contributed by atoms with Gasteiger partial charge in [0.2, 0.25) is 11.8 Å². The van der Waals surface area contributed by atoms with E-state index in [9.17, 15) is 19.2 Å². The predicted molar refractivity (Wildman–Crippen MR) is 98.9 cm³/mol. The van der Waals surface area contributed by atoms with Crippen LogP contribution in [0.4, 0.5) is 4.79 Å². The summed E-state index contributed by atoms with van der Waals surface area (Å²) in [5.74, 6) is -0.315. The van der Waals surface area contributed by atoms with Gasteiger partial charge in [0.1, 0.15) is 12.1 Å². The Morgan fingerprint density at radius 2 is 1.78 bits per heavy atom. The highest BCUT2D eigenvalue weighted by Crippen LogP contribution is 2.32. The third kappa shape index (κ3) is 3.94. The van der Waals surface area contributed by atoms with Crippen molar-refractivity contribution in [1.82, 2.24) is 20.0 Å². The van der Waals surface area contributed by atoms with E-state index in [2.05, 4.69) is 5.32 Å². The zero-order chi connectivity index (χ0) is 19.7. The van der Waals surface area contributed by atoms with Crippen molar-refractivity contribution in [3.63, 3.8) is 0 Å². The molecule has 0 saturated carbocycles. The molecule has 3 rings (SSSR count). The van der Waals surface area contributed by atoms with Gasteiger partial charge in [-0.15, -0.1) is 0 Å². The number of carbonyl (C=O) groups is 4. The summed E-state index contributed by atoms with van der Waals surface area (Å²) in [5, 5.41) is 2.73. The lowest BCUT2D eigenvalue weighted by Gasteiger charge is -2.29. The van der Waals surface area contributed by atoms with E-state index in [-0.39, 0.29) is 42.1 Å². The van der Waals surface area contributed by atoms with Gasteiger partial charge in [-0.2, -0.15) is 0 Å². The van der Waals surface area contributed by atoms with Gasteiger partial charge in [0.25, 0.3) is 0 Å². The summed E-state index contributed by atoms with van der Waals surface area (Å²) >= 11 is 0. The first-order valence-electron chi connectivity index (χ1n) is 9.95. The van der Waals surface area contributed by atoms with Gasteiger partial charge in [-0.25, -0.2) is 4.79 Å². The van der Waals surface area contributed by atoms with Crippen LogP contribution in [0, 0.1) is 5.92 Å². The highest BCUT2D eigenvalue weighted by Gasteiger charge is 2.52. The highest BCUT2D eigenvalue weighted by atomic mass is 16.2. The van der Waals surface area contributed by atoms with Crippen molar-refractivity contribution < 1.29 is 19.2 Å². The van der Waals surface area contributed by atoms with Crippen LogP contribution in [0.1, 0.15) is 46.5 Å². The average Bonchev–Trinajstić information content (AvgIpc) is 3.30. The van der Waals surface area contributed by atoms with Crippen molar-refractivity contribution in [1.29, 1.82) is 0 Å². The van der Waals surface area contributed by atoms with Crippen molar-refractivity contribution in [2.75, 3.05) is 26.2 Å². The Kier molecular flexibility index (Phi) is 5.72. The van der Waals surface area contributed by atoms with Crippen molar-refractivity contribution in [2.45, 2.75) is 64.6 Å². The van der Waals surface area contributed by atoms with Crippen LogP contribution >= 0.6 is 0 Å². The first kappa shape index (κ1) is 19.6. The van der Waals surface area contributed by atoms with Crippen LogP contribution in [0.15, 0.2) is 0 Å². The largest absolute Gasteiger partial charge is 0.345 e. The number of Topliss-reactive ketones (excluding diaryl/α,β-unsaturated/α-hetero) is 1. The standard InChI is InChI=1S/C19H30N4O4/c1-12(2)10-14(20-13(3)24)18(26)23-11-16(25)17-15(23)6-9-22(17)19(27)21-7-4-5-8-21/h12,14-15,17H,4-11H2,1-3H3,(H,20,24)/t14?,15-,17?/m0/s1. The molecule has 3 aliphatic heterocycles. The maximum absolute atomic E-state index is 13.1. The molecule has 0 bridgehead atoms. The fraction of sp³-hybridized carbons (Fsp3) is 0.789. The quantitative estimate of drug-likeness (QED) is 0.776. The molecule has 0 spiro atoms. The molecule has 150 valence electrons. The second kappa shape index (κ2) is 7.86. The minimum absolute atomic E-state index is 0.0200. The molecule has 2 unspecified atom stereocenters. The minimum atomic E-state index is -0.627. The normalized spacial score (nSPS) is 25.9. The number of carbonyl (C=O) groups excluding carboxylic acids is 4. The second-order valence-electron chi connectivity index (χ2n) is 8.29. The first-order chi connectivity index (χ1) is 12.8. The van der Waals surface area contributed by atoms with Crippen LogP contribution in [0.3, 0.4) is 0 Å². The van der Waals surface area contributed by atoms with Crippen molar-refractivity contribution in [2.24, 2.45) is 5.92 Å². The lowest BCUT2D eigenvalue weighted by atomic mass is 10.0. The summed E-state index contributed by atoms with van der Waals surface area (Å²) in [6.45, 7) is 7.37. The Morgan fingerprint density at radius 3 is 2.37 bits per heavy atom. The van der Waals surface area contributed by atoms with Gasteiger partial charge in [-0.1, -0.05) is 13.8 Å². The van der Waals surface area contributed by atoms with Crippen molar-refractivity contribution in [3.8, 4) is 0 Å². The van der Waals surface area contributed by atoms with Gasteiger partial charge < -0.3 is 20.0 Å². The molecular weight excluding hydrogens is 348 g/mol. The number of rotatable bonds is 4. The summed E-state index contributed by atoms with van der Waals surface area (Å²) in [7, 11) is 0. The molecule has 3 aliphatic rings. The third-order valence-electron chi connectivity index (χ3n) is 5.71. The Balaban J connectivity index is 1.73. The van der Waals surface area contributed by atoms with Crippen LogP contribution < -0.4 is 5.32 Å². The molecule has 3 fully saturated rings. The number of ketones is 1. The van der Waals surface area contributed by atoms with E-state index in [4.69, 9.17) is 0 Å². The molecule has 0 aromatic carbocycles.